The van der Waals surface area contributed by atoms with Gasteiger partial charge in [-0.3, -0.25) is 9.78 Å². The summed E-state index contributed by atoms with van der Waals surface area (Å²) in [7, 11) is 0. The van der Waals surface area contributed by atoms with Crippen molar-refractivity contribution in [3.63, 3.8) is 0 Å². The highest BCUT2D eigenvalue weighted by atomic mass is 16.2. The van der Waals surface area contributed by atoms with Gasteiger partial charge in [-0.1, -0.05) is 0 Å². The van der Waals surface area contributed by atoms with Crippen molar-refractivity contribution < 1.29 is 4.79 Å². The first-order chi connectivity index (χ1) is 6.66. The number of nitrogens with zero attached hydrogens (tertiary/aromatic N) is 2. The van der Waals surface area contributed by atoms with Crippen LogP contribution in [0.5, 0.6) is 0 Å². The van der Waals surface area contributed by atoms with E-state index in [1.54, 1.807) is 17.3 Å². The van der Waals surface area contributed by atoms with Crippen molar-refractivity contribution in [1.29, 1.82) is 0 Å². The number of pyridine rings is 1. The van der Waals surface area contributed by atoms with Gasteiger partial charge >= 0.3 is 0 Å². The van der Waals surface area contributed by atoms with Crippen molar-refractivity contribution in [2.75, 3.05) is 11.4 Å². The standard InChI is InChI=1S/C10H13N3O/c1-7-2-9(5-12-4-7)13-6-8(11)3-10(13)14/h2,4-5,8H,3,6,11H2,1H3. The molecule has 0 bridgehead atoms. The fourth-order valence-corrected chi connectivity index (χ4v) is 1.67. The number of anilines is 1. The van der Waals surface area contributed by atoms with Crippen molar-refractivity contribution in [3.8, 4) is 0 Å². The predicted molar refractivity (Wildman–Crippen MR) is 53.9 cm³/mol. The van der Waals surface area contributed by atoms with Gasteiger partial charge in [0.2, 0.25) is 5.91 Å². The molecule has 14 heavy (non-hydrogen) atoms. The second kappa shape index (κ2) is 3.38. The number of aryl methyl sites for hydroxylation is 1. The molecule has 2 N–H and O–H groups in total. The van der Waals surface area contributed by atoms with Gasteiger partial charge in [-0.15, -0.1) is 0 Å². The lowest BCUT2D eigenvalue weighted by atomic mass is 10.3. The van der Waals surface area contributed by atoms with Gasteiger partial charge in [-0.25, -0.2) is 0 Å². The molecule has 0 aliphatic carbocycles. The van der Waals surface area contributed by atoms with E-state index in [0.717, 1.165) is 11.3 Å². The van der Waals surface area contributed by atoms with E-state index in [1.807, 2.05) is 13.0 Å². The van der Waals surface area contributed by atoms with Crippen LogP contribution >= 0.6 is 0 Å². The van der Waals surface area contributed by atoms with Crippen LogP contribution in [0.4, 0.5) is 5.69 Å². The smallest absolute Gasteiger partial charge is 0.228 e. The molecule has 1 amide bonds. The highest BCUT2D eigenvalue weighted by molar-refractivity contribution is 5.96. The van der Waals surface area contributed by atoms with Crippen LogP contribution in [0, 0.1) is 6.92 Å². The van der Waals surface area contributed by atoms with E-state index in [-0.39, 0.29) is 11.9 Å². The van der Waals surface area contributed by atoms with Gasteiger partial charge in [0.25, 0.3) is 0 Å². The average Bonchev–Trinajstić information content (AvgIpc) is 2.45. The molecule has 1 aromatic heterocycles. The molecule has 1 atom stereocenters. The zero-order valence-electron chi connectivity index (χ0n) is 8.10. The Hall–Kier alpha value is -1.42. The minimum absolute atomic E-state index is 0.0389. The molecule has 0 saturated carbocycles. The first kappa shape index (κ1) is 9.15. The lowest BCUT2D eigenvalue weighted by molar-refractivity contribution is -0.117. The number of amides is 1. The largest absolute Gasteiger partial charge is 0.326 e. The number of hydrogen-bond donors (Lipinski definition) is 1. The second-order valence-electron chi connectivity index (χ2n) is 3.69. The molecule has 1 saturated heterocycles. The van der Waals surface area contributed by atoms with E-state index >= 15 is 0 Å². The Morgan fingerprint density at radius 3 is 2.93 bits per heavy atom. The summed E-state index contributed by atoms with van der Waals surface area (Å²) in [5.41, 5.74) is 7.61. The average molecular weight is 191 g/mol. The van der Waals surface area contributed by atoms with Crippen LogP contribution < -0.4 is 10.6 Å². The number of carbonyl (C=O) groups excluding carboxylic acids is 1. The van der Waals surface area contributed by atoms with Crippen molar-refractivity contribution >= 4 is 11.6 Å². The maximum Gasteiger partial charge on any atom is 0.228 e. The van der Waals surface area contributed by atoms with Gasteiger partial charge in [0.1, 0.15) is 0 Å². The summed E-state index contributed by atoms with van der Waals surface area (Å²) in [6.45, 7) is 2.56. The summed E-state index contributed by atoms with van der Waals surface area (Å²) < 4.78 is 0. The van der Waals surface area contributed by atoms with Crippen LogP contribution in [0.25, 0.3) is 0 Å². The first-order valence-corrected chi connectivity index (χ1v) is 4.64. The highest BCUT2D eigenvalue weighted by Gasteiger charge is 2.28. The summed E-state index contributed by atoms with van der Waals surface area (Å²) in [4.78, 5) is 17.3. The molecule has 4 heteroatoms. The van der Waals surface area contributed by atoms with Crippen LogP contribution in [0.3, 0.4) is 0 Å². The molecule has 1 aliphatic heterocycles. The Morgan fingerprint density at radius 2 is 2.36 bits per heavy atom. The molecule has 1 aliphatic rings. The maximum atomic E-state index is 11.5. The van der Waals surface area contributed by atoms with Crippen LogP contribution in [0.2, 0.25) is 0 Å². The van der Waals surface area contributed by atoms with E-state index in [2.05, 4.69) is 4.98 Å². The van der Waals surface area contributed by atoms with Crippen molar-refractivity contribution in [3.05, 3.63) is 24.0 Å². The van der Waals surface area contributed by atoms with E-state index in [1.165, 1.54) is 0 Å². The van der Waals surface area contributed by atoms with Crippen molar-refractivity contribution in [1.82, 2.24) is 4.98 Å². The van der Waals surface area contributed by atoms with Gasteiger partial charge < -0.3 is 10.6 Å². The van der Waals surface area contributed by atoms with Crippen LogP contribution in [-0.2, 0) is 4.79 Å². The lowest BCUT2D eigenvalue weighted by Crippen LogP contribution is -2.28. The van der Waals surface area contributed by atoms with Gasteiger partial charge in [0.15, 0.2) is 0 Å². The van der Waals surface area contributed by atoms with Crippen molar-refractivity contribution in [2.45, 2.75) is 19.4 Å². The zero-order valence-corrected chi connectivity index (χ0v) is 8.10. The molecule has 0 spiro atoms. The minimum atomic E-state index is -0.0389. The Balaban J connectivity index is 2.27. The fourth-order valence-electron chi connectivity index (χ4n) is 1.67. The van der Waals surface area contributed by atoms with Crippen LogP contribution in [0.1, 0.15) is 12.0 Å². The third-order valence-corrected chi connectivity index (χ3v) is 2.33. The van der Waals surface area contributed by atoms with Crippen LogP contribution in [0.15, 0.2) is 18.5 Å². The molecule has 1 unspecified atom stereocenters. The van der Waals surface area contributed by atoms with Gasteiger partial charge in [0, 0.05) is 25.2 Å². The number of hydrogen-bond acceptors (Lipinski definition) is 3. The predicted octanol–water partition coefficient (Wildman–Crippen LogP) is 0.454. The Kier molecular flexibility index (Phi) is 2.21. The molecule has 4 nitrogen and oxygen atoms in total. The van der Waals surface area contributed by atoms with Gasteiger partial charge in [-0.2, -0.15) is 0 Å². The Morgan fingerprint density at radius 1 is 1.57 bits per heavy atom. The molecule has 0 radical (unpaired) electrons. The van der Waals surface area contributed by atoms with Crippen molar-refractivity contribution in [2.24, 2.45) is 5.73 Å². The summed E-state index contributed by atoms with van der Waals surface area (Å²) >= 11 is 0. The quantitative estimate of drug-likeness (QED) is 0.701. The highest BCUT2D eigenvalue weighted by Crippen LogP contribution is 2.20. The third kappa shape index (κ3) is 1.61. The van der Waals surface area contributed by atoms with Gasteiger partial charge in [0.05, 0.1) is 11.9 Å². The maximum absolute atomic E-state index is 11.5. The molecule has 0 aromatic carbocycles. The van der Waals surface area contributed by atoms with Gasteiger partial charge in [-0.05, 0) is 18.6 Å². The van der Waals surface area contributed by atoms with Crippen LogP contribution in [-0.4, -0.2) is 23.5 Å². The van der Waals surface area contributed by atoms with E-state index in [0.29, 0.717) is 13.0 Å². The molecular weight excluding hydrogens is 178 g/mol. The normalized spacial score (nSPS) is 21.7. The Labute approximate surface area is 82.7 Å². The lowest BCUT2D eigenvalue weighted by Gasteiger charge is -2.15. The summed E-state index contributed by atoms with van der Waals surface area (Å²) in [6, 6.07) is 1.91. The summed E-state index contributed by atoms with van der Waals surface area (Å²) in [5.74, 6) is 0.0879. The van der Waals surface area contributed by atoms with E-state index in [9.17, 15) is 4.79 Å². The fraction of sp³-hybridized carbons (Fsp3) is 0.400. The number of nitrogens with two attached hydrogens (primary N) is 1. The topological polar surface area (TPSA) is 59.2 Å². The van der Waals surface area contributed by atoms with E-state index < -0.39 is 0 Å². The third-order valence-electron chi connectivity index (χ3n) is 2.33. The SMILES string of the molecule is Cc1cncc(N2CC(N)CC2=O)c1. The molecule has 74 valence electrons. The first-order valence-electron chi connectivity index (χ1n) is 4.64. The number of rotatable bonds is 1. The summed E-state index contributed by atoms with van der Waals surface area (Å²) in [6.07, 6.45) is 3.90. The Bertz CT molecular complexity index is 364. The minimum Gasteiger partial charge on any atom is -0.326 e. The molecule has 2 rings (SSSR count). The zero-order chi connectivity index (χ0) is 10.1. The molecule has 1 aromatic rings. The molecule has 2 heterocycles. The molecular formula is C10H13N3O. The molecule has 1 fully saturated rings. The second-order valence-corrected chi connectivity index (χ2v) is 3.69. The summed E-state index contributed by atoms with van der Waals surface area (Å²) in [5, 5.41) is 0. The van der Waals surface area contributed by atoms with E-state index in [4.69, 9.17) is 5.73 Å². The monoisotopic (exact) mass is 191 g/mol. The number of aromatic nitrogens is 1. The number of carbonyl (C=O) groups is 1.